The second-order valence-electron chi connectivity index (χ2n) is 8.43. The highest BCUT2D eigenvalue weighted by atomic mass is 16.2. The minimum atomic E-state index is 0.0500. The first-order valence-electron chi connectivity index (χ1n) is 11.3. The Hall–Kier alpha value is -3.14. The molecule has 0 bridgehead atoms. The van der Waals surface area contributed by atoms with Crippen LogP contribution in [-0.2, 0) is 11.3 Å². The lowest BCUT2D eigenvalue weighted by Gasteiger charge is -2.21. The van der Waals surface area contributed by atoms with Crippen LogP contribution in [0.4, 0.5) is 0 Å². The molecule has 2 aromatic carbocycles. The zero-order chi connectivity index (χ0) is 21.6. The molecule has 0 unspecified atom stereocenters. The highest BCUT2D eigenvalue weighted by Crippen LogP contribution is 2.22. The monoisotopic (exact) mass is 414 g/mol. The van der Waals surface area contributed by atoms with Crippen LogP contribution in [-0.4, -0.2) is 28.5 Å². The Bertz CT molecular complexity index is 1080. The van der Waals surface area contributed by atoms with Gasteiger partial charge in [0.15, 0.2) is 5.43 Å². The standard InChI is InChI=1S/C27H30N2O2/c1-21-12-14-23(15-13-21)25-20-28(16-8-18-29-17-7-3-6-11-26(29)30)19-24(27(25)31)22-9-4-2-5-10-22/h2,4-5,9-10,12-15,19-20H,3,6-8,11,16-18H2,1H3. The fourth-order valence-electron chi connectivity index (χ4n) is 4.24. The summed E-state index contributed by atoms with van der Waals surface area (Å²) in [7, 11) is 0. The van der Waals surface area contributed by atoms with Crippen molar-refractivity contribution in [3.8, 4) is 22.3 Å². The summed E-state index contributed by atoms with van der Waals surface area (Å²) in [6, 6.07) is 18.0. The van der Waals surface area contributed by atoms with Crippen molar-refractivity contribution in [2.45, 2.75) is 45.6 Å². The van der Waals surface area contributed by atoms with Gasteiger partial charge in [0.2, 0.25) is 5.91 Å². The number of hydrogen-bond donors (Lipinski definition) is 0. The van der Waals surface area contributed by atoms with Crippen LogP contribution < -0.4 is 5.43 Å². The van der Waals surface area contributed by atoms with E-state index in [0.717, 1.165) is 56.4 Å². The van der Waals surface area contributed by atoms with E-state index < -0.39 is 0 Å². The number of pyridine rings is 1. The largest absolute Gasteiger partial charge is 0.353 e. The minimum absolute atomic E-state index is 0.0500. The number of hydrogen-bond acceptors (Lipinski definition) is 2. The Morgan fingerprint density at radius 2 is 1.45 bits per heavy atom. The number of carbonyl (C=O) groups excluding carboxylic acids is 1. The van der Waals surface area contributed by atoms with Gasteiger partial charge in [0, 0.05) is 49.6 Å². The van der Waals surface area contributed by atoms with Crippen LogP contribution in [0.3, 0.4) is 0 Å². The lowest BCUT2D eigenvalue weighted by molar-refractivity contribution is -0.130. The highest BCUT2D eigenvalue weighted by Gasteiger charge is 2.16. The van der Waals surface area contributed by atoms with Gasteiger partial charge in [-0.1, -0.05) is 66.6 Å². The summed E-state index contributed by atoms with van der Waals surface area (Å²) in [5.74, 6) is 0.280. The average molecular weight is 415 g/mol. The summed E-state index contributed by atoms with van der Waals surface area (Å²) >= 11 is 0. The maximum Gasteiger partial charge on any atom is 0.222 e. The van der Waals surface area contributed by atoms with Crippen molar-refractivity contribution in [3.05, 3.63) is 82.8 Å². The molecule has 0 aliphatic carbocycles. The fourth-order valence-corrected chi connectivity index (χ4v) is 4.24. The third-order valence-electron chi connectivity index (χ3n) is 6.04. The average Bonchev–Trinajstić information content (AvgIpc) is 3.00. The van der Waals surface area contributed by atoms with Gasteiger partial charge in [-0.25, -0.2) is 0 Å². The molecule has 1 aromatic heterocycles. The summed E-state index contributed by atoms with van der Waals surface area (Å²) in [6.07, 6.45) is 8.71. The van der Waals surface area contributed by atoms with Crippen molar-refractivity contribution >= 4 is 5.91 Å². The first-order chi connectivity index (χ1) is 15.1. The Labute approximate surface area is 184 Å². The van der Waals surface area contributed by atoms with Crippen molar-refractivity contribution in [1.29, 1.82) is 0 Å². The van der Waals surface area contributed by atoms with Gasteiger partial charge < -0.3 is 9.47 Å². The van der Waals surface area contributed by atoms with Gasteiger partial charge in [-0.2, -0.15) is 0 Å². The predicted octanol–water partition coefficient (Wildman–Crippen LogP) is 5.28. The normalized spacial score (nSPS) is 14.5. The number of rotatable bonds is 6. The van der Waals surface area contributed by atoms with E-state index >= 15 is 0 Å². The first-order valence-corrected chi connectivity index (χ1v) is 11.3. The zero-order valence-corrected chi connectivity index (χ0v) is 18.2. The van der Waals surface area contributed by atoms with Gasteiger partial charge in [-0.15, -0.1) is 0 Å². The Balaban J connectivity index is 1.62. The number of amides is 1. The van der Waals surface area contributed by atoms with E-state index in [-0.39, 0.29) is 11.3 Å². The molecule has 0 spiro atoms. The molecule has 1 aliphatic rings. The maximum atomic E-state index is 13.3. The summed E-state index contributed by atoms with van der Waals surface area (Å²) in [5.41, 5.74) is 4.51. The summed E-state index contributed by atoms with van der Waals surface area (Å²) in [5, 5.41) is 0. The van der Waals surface area contributed by atoms with E-state index in [4.69, 9.17) is 0 Å². The third-order valence-corrected chi connectivity index (χ3v) is 6.04. The van der Waals surface area contributed by atoms with Crippen molar-refractivity contribution in [1.82, 2.24) is 9.47 Å². The minimum Gasteiger partial charge on any atom is -0.353 e. The molecule has 1 aliphatic heterocycles. The molecular formula is C27H30N2O2. The highest BCUT2D eigenvalue weighted by molar-refractivity contribution is 5.76. The number of aromatic nitrogens is 1. The molecule has 0 saturated carbocycles. The number of nitrogens with zero attached hydrogens (tertiary/aromatic N) is 2. The number of aryl methyl sites for hydroxylation is 2. The van der Waals surface area contributed by atoms with Crippen LogP contribution in [0, 0.1) is 6.92 Å². The van der Waals surface area contributed by atoms with E-state index in [1.807, 2.05) is 78.8 Å². The Morgan fingerprint density at radius 3 is 2.16 bits per heavy atom. The van der Waals surface area contributed by atoms with Gasteiger partial charge in [-0.3, -0.25) is 9.59 Å². The molecule has 0 radical (unpaired) electrons. The van der Waals surface area contributed by atoms with E-state index in [1.54, 1.807) is 0 Å². The van der Waals surface area contributed by atoms with Crippen LogP contribution >= 0.6 is 0 Å². The number of benzene rings is 2. The second kappa shape index (κ2) is 9.78. The van der Waals surface area contributed by atoms with Crippen molar-refractivity contribution in [2.75, 3.05) is 13.1 Å². The van der Waals surface area contributed by atoms with Crippen LogP contribution in [0.5, 0.6) is 0 Å². The van der Waals surface area contributed by atoms with E-state index in [9.17, 15) is 9.59 Å². The van der Waals surface area contributed by atoms with Crippen LogP contribution in [0.25, 0.3) is 22.3 Å². The number of likely N-dealkylation sites (tertiary alicyclic amines) is 1. The van der Waals surface area contributed by atoms with Gasteiger partial charge in [0.05, 0.1) is 0 Å². The molecule has 0 N–H and O–H groups in total. The van der Waals surface area contributed by atoms with Crippen LogP contribution in [0.2, 0.25) is 0 Å². The Morgan fingerprint density at radius 1 is 0.774 bits per heavy atom. The smallest absolute Gasteiger partial charge is 0.222 e. The topological polar surface area (TPSA) is 42.3 Å². The maximum absolute atomic E-state index is 13.3. The lowest BCUT2D eigenvalue weighted by Crippen LogP contribution is -2.31. The zero-order valence-electron chi connectivity index (χ0n) is 18.2. The third kappa shape index (κ3) is 5.13. The SMILES string of the molecule is Cc1ccc(-c2cn(CCCN3CCCCCC3=O)cc(-c3ccccc3)c2=O)cc1. The van der Waals surface area contributed by atoms with Gasteiger partial charge in [-0.05, 0) is 37.3 Å². The van der Waals surface area contributed by atoms with Gasteiger partial charge >= 0.3 is 0 Å². The molecule has 4 rings (SSSR count). The van der Waals surface area contributed by atoms with Crippen molar-refractivity contribution < 1.29 is 4.79 Å². The van der Waals surface area contributed by atoms with Crippen LogP contribution in [0.1, 0.15) is 37.7 Å². The fraction of sp³-hybridized carbons (Fsp3) is 0.333. The van der Waals surface area contributed by atoms with Crippen LogP contribution in [0.15, 0.2) is 71.8 Å². The second-order valence-corrected chi connectivity index (χ2v) is 8.43. The molecular weight excluding hydrogens is 384 g/mol. The summed E-state index contributed by atoms with van der Waals surface area (Å²) in [6.45, 7) is 4.45. The Kier molecular flexibility index (Phi) is 6.66. The van der Waals surface area contributed by atoms with E-state index in [2.05, 4.69) is 4.57 Å². The van der Waals surface area contributed by atoms with E-state index in [0.29, 0.717) is 17.5 Å². The molecule has 1 fully saturated rings. The number of carbonyl (C=O) groups is 1. The van der Waals surface area contributed by atoms with Crippen molar-refractivity contribution in [2.24, 2.45) is 0 Å². The van der Waals surface area contributed by atoms with E-state index in [1.165, 1.54) is 5.56 Å². The first kappa shape index (κ1) is 21.1. The molecule has 31 heavy (non-hydrogen) atoms. The molecule has 2 heterocycles. The quantitative estimate of drug-likeness (QED) is 0.550. The molecule has 1 saturated heterocycles. The summed E-state index contributed by atoms with van der Waals surface area (Å²) in [4.78, 5) is 27.6. The lowest BCUT2D eigenvalue weighted by atomic mass is 10.00. The summed E-state index contributed by atoms with van der Waals surface area (Å²) < 4.78 is 2.11. The predicted molar refractivity (Wildman–Crippen MR) is 126 cm³/mol. The molecule has 0 atom stereocenters. The van der Waals surface area contributed by atoms with Crippen molar-refractivity contribution in [3.63, 3.8) is 0 Å². The molecule has 160 valence electrons. The van der Waals surface area contributed by atoms with Gasteiger partial charge in [0.1, 0.15) is 0 Å². The van der Waals surface area contributed by atoms with Gasteiger partial charge in [0.25, 0.3) is 0 Å². The molecule has 4 heteroatoms. The molecule has 3 aromatic rings. The molecule has 1 amide bonds. The molecule has 4 nitrogen and oxygen atoms in total.